The Morgan fingerprint density at radius 1 is 1.15 bits per heavy atom. The third-order valence-corrected chi connectivity index (χ3v) is 5.04. The van der Waals surface area contributed by atoms with E-state index in [-0.39, 0.29) is 0 Å². The molecule has 3 aromatic rings. The largest absolute Gasteiger partial charge is 0.352 e. The van der Waals surface area contributed by atoms with Crippen LogP contribution in [0.4, 0.5) is 0 Å². The quantitative estimate of drug-likeness (QED) is 0.574. The van der Waals surface area contributed by atoms with E-state index >= 15 is 0 Å². The van der Waals surface area contributed by atoms with Crippen LogP contribution in [0.3, 0.4) is 0 Å². The van der Waals surface area contributed by atoms with E-state index in [1.807, 2.05) is 7.05 Å². The standard InChI is InChI=1S/C21H24N6/c1-22-21(26-12-11-19(14-26)18-5-3-2-4-6-18)24-13-17-7-9-20(10-8-17)27-16-23-15-25-27/h2-10,15-16,19H,11-14H2,1H3,(H,22,24). The van der Waals surface area contributed by atoms with Gasteiger partial charge in [-0.3, -0.25) is 4.99 Å². The lowest BCUT2D eigenvalue weighted by Gasteiger charge is -2.22. The highest BCUT2D eigenvalue weighted by Gasteiger charge is 2.25. The number of rotatable bonds is 4. The molecule has 1 aliphatic rings. The van der Waals surface area contributed by atoms with Crippen molar-refractivity contribution in [3.8, 4) is 5.69 Å². The first-order valence-corrected chi connectivity index (χ1v) is 9.28. The van der Waals surface area contributed by atoms with Gasteiger partial charge in [0, 0.05) is 32.6 Å². The third kappa shape index (κ3) is 4.00. The molecule has 6 nitrogen and oxygen atoms in total. The molecule has 1 N–H and O–H groups in total. The molecule has 0 spiro atoms. The van der Waals surface area contributed by atoms with Crippen LogP contribution >= 0.6 is 0 Å². The molecule has 138 valence electrons. The maximum Gasteiger partial charge on any atom is 0.193 e. The average molecular weight is 360 g/mol. The van der Waals surface area contributed by atoms with Crippen molar-refractivity contribution in [1.82, 2.24) is 25.0 Å². The first-order valence-electron chi connectivity index (χ1n) is 9.28. The molecule has 1 unspecified atom stereocenters. The Morgan fingerprint density at radius 2 is 1.96 bits per heavy atom. The molecule has 0 radical (unpaired) electrons. The molecule has 1 aromatic heterocycles. The molecule has 1 aliphatic heterocycles. The molecule has 4 rings (SSSR count). The van der Waals surface area contributed by atoms with Crippen LogP contribution in [0.2, 0.25) is 0 Å². The Hall–Kier alpha value is -3.15. The maximum atomic E-state index is 4.48. The zero-order valence-corrected chi connectivity index (χ0v) is 15.5. The lowest BCUT2D eigenvalue weighted by atomic mass is 9.99. The Labute approximate surface area is 159 Å². The zero-order chi connectivity index (χ0) is 18.5. The molecule has 0 amide bonds. The zero-order valence-electron chi connectivity index (χ0n) is 15.5. The van der Waals surface area contributed by atoms with E-state index in [1.54, 1.807) is 11.0 Å². The third-order valence-electron chi connectivity index (χ3n) is 5.04. The van der Waals surface area contributed by atoms with Crippen LogP contribution in [-0.2, 0) is 6.54 Å². The monoisotopic (exact) mass is 360 g/mol. The molecule has 27 heavy (non-hydrogen) atoms. The number of aromatic nitrogens is 3. The predicted octanol–water partition coefficient (Wildman–Crippen LogP) is 2.83. The summed E-state index contributed by atoms with van der Waals surface area (Å²) in [5, 5.41) is 7.65. The van der Waals surface area contributed by atoms with Crippen LogP contribution in [0, 0.1) is 0 Å². The van der Waals surface area contributed by atoms with Crippen LogP contribution in [0.15, 0.2) is 72.2 Å². The topological polar surface area (TPSA) is 58.3 Å². The molecule has 2 aromatic carbocycles. The van der Waals surface area contributed by atoms with Gasteiger partial charge >= 0.3 is 0 Å². The molecule has 0 bridgehead atoms. The van der Waals surface area contributed by atoms with Gasteiger partial charge in [-0.05, 0) is 29.7 Å². The Bertz CT molecular complexity index is 871. The molecule has 1 atom stereocenters. The van der Waals surface area contributed by atoms with Crippen LogP contribution in [0.25, 0.3) is 5.69 Å². The first kappa shape index (κ1) is 17.3. The summed E-state index contributed by atoms with van der Waals surface area (Å²) in [5.41, 5.74) is 3.63. The number of aliphatic imine (C=N–C) groups is 1. The molecule has 1 saturated heterocycles. The molecule has 1 fully saturated rings. The number of hydrogen-bond donors (Lipinski definition) is 1. The number of likely N-dealkylation sites (tertiary alicyclic amines) is 1. The number of guanidine groups is 1. The minimum atomic E-state index is 0.576. The second-order valence-electron chi connectivity index (χ2n) is 6.75. The van der Waals surface area contributed by atoms with Crippen LogP contribution in [0.5, 0.6) is 0 Å². The summed E-state index contributed by atoms with van der Waals surface area (Å²) in [6, 6.07) is 19.1. The van der Waals surface area contributed by atoms with Crippen LogP contribution < -0.4 is 5.32 Å². The summed E-state index contributed by atoms with van der Waals surface area (Å²) in [7, 11) is 1.85. The number of hydrogen-bond acceptors (Lipinski definition) is 3. The molecular weight excluding hydrogens is 336 g/mol. The second kappa shape index (κ2) is 8.03. The fraction of sp³-hybridized carbons (Fsp3) is 0.286. The SMILES string of the molecule is CN=C(NCc1ccc(-n2cncn2)cc1)N1CCC(c2ccccc2)C1. The number of benzene rings is 2. The van der Waals surface area contributed by atoms with Gasteiger partial charge in [0.25, 0.3) is 0 Å². The molecule has 2 heterocycles. The first-order chi connectivity index (χ1) is 13.3. The Balaban J connectivity index is 1.34. The van der Waals surface area contributed by atoms with E-state index in [0.717, 1.165) is 37.7 Å². The summed E-state index contributed by atoms with van der Waals surface area (Å²) >= 11 is 0. The molecule has 0 saturated carbocycles. The van der Waals surface area contributed by atoms with Crippen molar-refractivity contribution < 1.29 is 0 Å². The highest BCUT2D eigenvalue weighted by atomic mass is 15.3. The van der Waals surface area contributed by atoms with Crippen molar-refractivity contribution in [2.24, 2.45) is 4.99 Å². The van der Waals surface area contributed by atoms with E-state index in [4.69, 9.17) is 0 Å². The number of nitrogens with zero attached hydrogens (tertiary/aromatic N) is 5. The summed E-state index contributed by atoms with van der Waals surface area (Å²) in [6.07, 6.45) is 4.40. The van der Waals surface area contributed by atoms with Gasteiger partial charge in [-0.1, -0.05) is 42.5 Å². The van der Waals surface area contributed by atoms with E-state index in [2.05, 4.69) is 79.9 Å². The van der Waals surface area contributed by atoms with Gasteiger partial charge in [-0.15, -0.1) is 0 Å². The van der Waals surface area contributed by atoms with Gasteiger partial charge in [-0.2, -0.15) is 5.10 Å². The van der Waals surface area contributed by atoms with Gasteiger partial charge in [0.05, 0.1) is 5.69 Å². The van der Waals surface area contributed by atoms with Crippen molar-refractivity contribution in [1.29, 1.82) is 0 Å². The minimum Gasteiger partial charge on any atom is -0.352 e. The predicted molar refractivity (Wildman–Crippen MR) is 107 cm³/mol. The van der Waals surface area contributed by atoms with Crippen molar-refractivity contribution >= 4 is 5.96 Å². The molecular formula is C21H24N6. The second-order valence-corrected chi connectivity index (χ2v) is 6.75. The minimum absolute atomic E-state index is 0.576. The Kier molecular flexibility index (Phi) is 5.14. The van der Waals surface area contributed by atoms with Crippen LogP contribution in [0.1, 0.15) is 23.5 Å². The van der Waals surface area contributed by atoms with E-state index in [1.165, 1.54) is 17.5 Å². The fourth-order valence-electron chi connectivity index (χ4n) is 3.57. The molecule has 6 heteroatoms. The van der Waals surface area contributed by atoms with Crippen molar-refractivity contribution in [3.05, 3.63) is 78.4 Å². The van der Waals surface area contributed by atoms with E-state index in [9.17, 15) is 0 Å². The van der Waals surface area contributed by atoms with Gasteiger partial charge in [0.1, 0.15) is 12.7 Å². The van der Waals surface area contributed by atoms with Gasteiger partial charge in [0.15, 0.2) is 5.96 Å². The molecule has 0 aliphatic carbocycles. The lowest BCUT2D eigenvalue weighted by Crippen LogP contribution is -2.39. The normalized spacial score (nSPS) is 17.3. The smallest absolute Gasteiger partial charge is 0.193 e. The van der Waals surface area contributed by atoms with Crippen molar-refractivity contribution in [2.75, 3.05) is 20.1 Å². The summed E-state index contributed by atoms with van der Waals surface area (Å²) < 4.78 is 1.75. The Morgan fingerprint density at radius 3 is 2.67 bits per heavy atom. The van der Waals surface area contributed by atoms with Gasteiger partial charge in [0.2, 0.25) is 0 Å². The summed E-state index contributed by atoms with van der Waals surface area (Å²) in [4.78, 5) is 10.8. The lowest BCUT2D eigenvalue weighted by molar-refractivity contribution is 0.486. The summed E-state index contributed by atoms with van der Waals surface area (Å²) in [5.74, 6) is 1.54. The summed E-state index contributed by atoms with van der Waals surface area (Å²) in [6.45, 7) is 2.79. The maximum absolute atomic E-state index is 4.48. The van der Waals surface area contributed by atoms with Crippen LogP contribution in [-0.4, -0.2) is 45.8 Å². The highest BCUT2D eigenvalue weighted by Crippen LogP contribution is 2.26. The number of nitrogens with one attached hydrogen (secondary N) is 1. The highest BCUT2D eigenvalue weighted by molar-refractivity contribution is 5.80. The van der Waals surface area contributed by atoms with Gasteiger partial charge < -0.3 is 10.2 Å². The van der Waals surface area contributed by atoms with Crippen molar-refractivity contribution in [3.63, 3.8) is 0 Å². The average Bonchev–Trinajstić information content (AvgIpc) is 3.42. The van der Waals surface area contributed by atoms with E-state index in [0.29, 0.717) is 5.92 Å². The fourth-order valence-corrected chi connectivity index (χ4v) is 3.57. The van der Waals surface area contributed by atoms with Gasteiger partial charge in [-0.25, -0.2) is 9.67 Å². The van der Waals surface area contributed by atoms with E-state index < -0.39 is 0 Å². The van der Waals surface area contributed by atoms with Crippen molar-refractivity contribution in [2.45, 2.75) is 18.9 Å².